The lowest BCUT2D eigenvalue weighted by Crippen LogP contribution is -2.30. The van der Waals surface area contributed by atoms with Crippen LogP contribution >= 0.6 is 0 Å². The Morgan fingerprint density at radius 2 is 2.44 bits per heavy atom. The lowest BCUT2D eigenvalue weighted by molar-refractivity contribution is 0.0947. The molecule has 2 rings (SSSR count). The van der Waals surface area contributed by atoms with Gasteiger partial charge in [-0.3, -0.25) is 4.79 Å². The van der Waals surface area contributed by atoms with Gasteiger partial charge in [0, 0.05) is 18.8 Å². The van der Waals surface area contributed by atoms with E-state index in [2.05, 4.69) is 20.6 Å². The zero-order valence-corrected chi connectivity index (χ0v) is 9.01. The number of imidazole rings is 1. The van der Waals surface area contributed by atoms with Crippen molar-refractivity contribution in [1.29, 1.82) is 0 Å². The van der Waals surface area contributed by atoms with Crippen molar-refractivity contribution in [2.75, 3.05) is 13.1 Å². The van der Waals surface area contributed by atoms with Crippen molar-refractivity contribution in [3.63, 3.8) is 0 Å². The highest BCUT2D eigenvalue weighted by atomic mass is 16.2. The largest absolute Gasteiger partial charge is 0.351 e. The molecule has 1 aliphatic heterocycles. The Morgan fingerprint density at radius 3 is 3.06 bits per heavy atom. The molecule has 1 unspecified atom stereocenters. The highest BCUT2D eigenvalue weighted by Crippen LogP contribution is 2.07. The molecule has 0 spiro atoms. The van der Waals surface area contributed by atoms with Crippen LogP contribution in [-0.2, 0) is 0 Å². The van der Waals surface area contributed by atoms with E-state index in [0.29, 0.717) is 12.6 Å². The molecule has 2 heterocycles. The first-order chi connectivity index (χ1) is 7.75. The van der Waals surface area contributed by atoms with Crippen molar-refractivity contribution < 1.29 is 4.79 Å². The molecule has 0 aromatic carbocycles. The number of rotatable bonds is 4. The standard InChI is InChI=1S/C10H16N4O2/c15-9(8-6-13-10(16)14-8)12-5-3-7-2-1-4-11-7/h6-7,11H,1-5H2,(H,12,15)(H2,13,14,16). The Morgan fingerprint density at radius 1 is 1.56 bits per heavy atom. The van der Waals surface area contributed by atoms with E-state index < -0.39 is 0 Å². The maximum absolute atomic E-state index is 11.5. The Bertz CT molecular complexity index is 403. The number of hydrogen-bond donors (Lipinski definition) is 4. The van der Waals surface area contributed by atoms with Gasteiger partial charge in [0.05, 0.1) is 0 Å². The fraction of sp³-hybridized carbons (Fsp3) is 0.600. The minimum atomic E-state index is -0.359. The van der Waals surface area contributed by atoms with Gasteiger partial charge in [-0.1, -0.05) is 0 Å². The number of carbonyl (C=O) groups excluding carboxylic acids is 1. The maximum Gasteiger partial charge on any atom is 0.323 e. The third-order valence-corrected chi connectivity index (χ3v) is 2.78. The molecular weight excluding hydrogens is 208 g/mol. The zero-order valence-electron chi connectivity index (χ0n) is 9.01. The van der Waals surface area contributed by atoms with Crippen LogP contribution in [0.5, 0.6) is 0 Å². The van der Waals surface area contributed by atoms with Gasteiger partial charge in [0.15, 0.2) is 0 Å². The summed E-state index contributed by atoms with van der Waals surface area (Å²) in [6.07, 6.45) is 4.70. The summed E-state index contributed by atoms with van der Waals surface area (Å²) in [5.74, 6) is -0.239. The number of aromatic amines is 2. The second kappa shape index (κ2) is 4.98. The Kier molecular flexibility index (Phi) is 3.40. The fourth-order valence-corrected chi connectivity index (χ4v) is 1.91. The topological polar surface area (TPSA) is 89.8 Å². The van der Waals surface area contributed by atoms with Gasteiger partial charge in [0.1, 0.15) is 5.69 Å². The molecule has 16 heavy (non-hydrogen) atoms. The second-order valence-corrected chi connectivity index (χ2v) is 3.99. The van der Waals surface area contributed by atoms with Gasteiger partial charge < -0.3 is 20.6 Å². The number of amides is 1. The molecule has 1 atom stereocenters. The molecule has 6 nitrogen and oxygen atoms in total. The minimum absolute atomic E-state index is 0.239. The molecule has 1 saturated heterocycles. The minimum Gasteiger partial charge on any atom is -0.351 e. The summed E-state index contributed by atoms with van der Waals surface area (Å²) >= 11 is 0. The van der Waals surface area contributed by atoms with E-state index in [9.17, 15) is 9.59 Å². The van der Waals surface area contributed by atoms with Gasteiger partial charge in [-0.15, -0.1) is 0 Å². The highest BCUT2D eigenvalue weighted by Gasteiger charge is 2.14. The van der Waals surface area contributed by atoms with Crippen LogP contribution in [0.15, 0.2) is 11.0 Å². The molecule has 1 aliphatic rings. The number of carbonyl (C=O) groups is 1. The first kappa shape index (κ1) is 10.9. The van der Waals surface area contributed by atoms with Crippen molar-refractivity contribution in [3.05, 3.63) is 22.4 Å². The predicted octanol–water partition coefficient (Wildman–Crippen LogP) is -0.425. The lowest BCUT2D eigenvalue weighted by Gasteiger charge is -2.09. The lowest BCUT2D eigenvalue weighted by atomic mass is 10.1. The molecule has 1 amide bonds. The average molecular weight is 224 g/mol. The quantitative estimate of drug-likeness (QED) is 0.559. The van der Waals surface area contributed by atoms with Gasteiger partial charge in [-0.2, -0.15) is 0 Å². The van der Waals surface area contributed by atoms with Crippen LogP contribution in [0.3, 0.4) is 0 Å². The molecule has 0 bridgehead atoms. The maximum atomic E-state index is 11.5. The molecule has 0 saturated carbocycles. The summed E-state index contributed by atoms with van der Waals surface area (Å²) in [5, 5.41) is 6.13. The van der Waals surface area contributed by atoms with Gasteiger partial charge in [-0.05, 0) is 25.8 Å². The van der Waals surface area contributed by atoms with Crippen molar-refractivity contribution in [2.45, 2.75) is 25.3 Å². The van der Waals surface area contributed by atoms with Gasteiger partial charge in [0.25, 0.3) is 5.91 Å². The van der Waals surface area contributed by atoms with E-state index in [-0.39, 0.29) is 17.3 Å². The summed E-state index contributed by atoms with van der Waals surface area (Å²) in [7, 11) is 0. The number of aromatic nitrogens is 2. The SMILES string of the molecule is O=C(NCCC1CCCN1)c1c[nH]c(=O)[nH]1. The summed E-state index contributed by atoms with van der Waals surface area (Å²) in [6, 6.07) is 0.519. The van der Waals surface area contributed by atoms with E-state index in [1.54, 1.807) is 0 Å². The van der Waals surface area contributed by atoms with Crippen molar-refractivity contribution in [1.82, 2.24) is 20.6 Å². The van der Waals surface area contributed by atoms with Crippen molar-refractivity contribution in [2.24, 2.45) is 0 Å². The van der Waals surface area contributed by atoms with Crippen LogP contribution < -0.4 is 16.3 Å². The van der Waals surface area contributed by atoms with Crippen molar-refractivity contribution in [3.8, 4) is 0 Å². The Balaban J connectivity index is 1.73. The number of nitrogens with one attached hydrogen (secondary N) is 4. The molecule has 1 fully saturated rings. The smallest absolute Gasteiger partial charge is 0.323 e. The summed E-state index contributed by atoms with van der Waals surface area (Å²) in [4.78, 5) is 27.1. The van der Waals surface area contributed by atoms with Gasteiger partial charge in [-0.25, -0.2) is 4.79 Å². The molecule has 1 aromatic heterocycles. The average Bonchev–Trinajstić information content (AvgIpc) is 2.89. The van der Waals surface area contributed by atoms with Crippen LogP contribution in [0.25, 0.3) is 0 Å². The molecule has 0 aliphatic carbocycles. The van der Waals surface area contributed by atoms with E-state index in [1.165, 1.54) is 19.0 Å². The van der Waals surface area contributed by atoms with E-state index in [4.69, 9.17) is 0 Å². The normalized spacial score (nSPS) is 19.9. The first-order valence-corrected chi connectivity index (χ1v) is 5.55. The molecule has 88 valence electrons. The molecule has 4 N–H and O–H groups in total. The second-order valence-electron chi connectivity index (χ2n) is 3.99. The predicted molar refractivity (Wildman–Crippen MR) is 59.4 cm³/mol. The summed E-state index contributed by atoms with van der Waals surface area (Å²) < 4.78 is 0. The molecule has 0 radical (unpaired) electrons. The number of H-pyrrole nitrogens is 2. The third kappa shape index (κ3) is 2.73. The van der Waals surface area contributed by atoms with Crippen molar-refractivity contribution >= 4 is 5.91 Å². The first-order valence-electron chi connectivity index (χ1n) is 5.55. The zero-order chi connectivity index (χ0) is 11.4. The Labute approximate surface area is 92.8 Å². The monoisotopic (exact) mass is 224 g/mol. The summed E-state index contributed by atoms with van der Waals surface area (Å²) in [5.41, 5.74) is -0.0769. The van der Waals surface area contributed by atoms with Crippen LogP contribution in [-0.4, -0.2) is 35.0 Å². The Hall–Kier alpha value is -1.56. The van der Waals surface area contributed by atoms with Gasteiger partial charge in [0.2, 0.25) is 0 Å². The molecule has 1 aromatic rings. The van der Waals surface area contributed by atoms with Crippen LogP contribution in [0, 0.1) is 0 Å². The van der Waals surface area contributed by atoms with Crippen LogP contribution in [0.2, 0.25) is 0 Å². The molecular formula is C10H16N4O2. The van der Waals surface area contributed by atoms with E-state index in [1.807, 2.05) is 0 Å². The van der Waals surface area contributed by atoms with E-state index >= 15 is 0 Å². The van der Waals surface area contributed by atoms with E-state index in [0.717, 1.165) is 13.0 Å². The highest BCUT2D eigenvalue weighted by molar-refractivity contribution is 5.91. The molecule has 6 heteroatoms. The summed E-state index contributed by atoms with van der Waals surface area (Å²) in [6.45, 7) is 1.70. The van der Waals surface area contributed by atoms with Gasteiger partial charge >= 0.3 is 5.69 Å². The van der Waals surface area contributed by atoms with Crippen LogP contribution in [0.4, 0.5) is 0 Å². The number of hydrogen-bond acceptors (Lipinski definition) is 3. The fourth-order valence-electron chi connectivity index (χ4n) is 1.91. The third-order valence-electron chi connectivity index (χ3n) is 2.78. The van der Waals surface area contributed by atoms with Crippen LogP contribution in [0.1, 0.15) is 29.8 Å².